The van der Waals surface area contributed by atoms with Crippen LogP contribution in [-0.2, 0) is 28.9 Å². The summed E-state index contributed by atoms with van der Waals surface area (Å²) in [5.41, 5.74) is 5.38. The molecule has 2 N–H and O–H groups in total. The van der Waals surface area contributed by atoms with Crippen molar-refractivity contribution in [2.75, 3.05) is 18.5 Å². The van der Waals surface area contributed by atoms with E-state index in [4.69, 9.17) is 4.74 Å². The molecule has 2 amide bonds. The van der Waals surface area contributed by atoms with Crippen LogP contribution in [0, 0.1) is 13.8 Å². The van der Waals surface area contributed by atoms with Crippen molar-refractivity contribution in [1.29, 1.82) is 0 Å². The summed E-state index contributed by atoms with van der Waals surface area (Å²) in [6.45, 7) is 9.01. The van der Waals surface area contributed by atoms with Crippen molar-refractivity contribution in [1.82, 2.24) is 9.88 Å². The fraction of sp³-hybridized carbons (Fsp3) is 0.344. The summed E-state index contributed by atoms with van der Waals surface area (Å²) in [4.78, 5) is 40.9. The van der Waals surface area contributed by atoms with E-state index in [1.165, 1.54) is 23.1 Å². The Morgan fingerprint density at radius 2 is 1.85 bits per heavy atom. The maximum absolute atomic E-state index is 13.3. The average molecular weight is 590 g/mol. The van der Waals surface area contributed by atoms with Crippen LogP contribution in [0.25, 0.3) is 10.9 Å². The van der Waals surface area contributed by atoms with Crippen LogP contribution in [0.4, 0.5) is 5.00 Å². The van der Waals surface area contributed by atoms with Crippen LogP contribution in [-0.4, -0.2) is 40.8 Å². The molecular weight excluding hydrogens is 555 g/mol. The molecule has 0 spiro atoms. The first-order valence-corrected chi connectivity index (χ1v) is 15.7. The van der Waals surface area contributed by atoms with Gasteiger partial charge in [-0.2, -0.15) is 0 Å². The number of anilines is 1. The predicted octanol–water partition coefficient (Wildman–Crippen LogP) is 6.53. The molecule has 1 aliphatic carbocycles. The standard InChI is InChI=1S/C32H35N3O4S2/c1-5-39-32(38)28-24-10-8-12-26(24)41-31(28)34-29(36)21(4)40-27-18-35(25-11-7-6-9-23(25)27)14-13-33-30(37)22-16-19(2)15-20(3)17-22/h6-7,9,11,15-18,21H,5,8,10,12-14H2,1-4H3,(H,33,37)(H,34,36)/t21-/m0/s1. The molecule has 2 heterocycles. The second-order valence-corrected chi connectivity index (χ2v) is 12.9. The number of carbonyl (C=O) groups is 3. The number of rotatable bonds is 10. The van der Waals surface area contributed by atoms with Crippen molar-refractivity contribution < 1.29 is 19.1 Å². The van der Waals surface area contributed by atoms with Crippen LogP contribution in [0.1, 0.15) is 62.6 Å². The molecule has 1 aliphatic rings. The Kier molecular flexibility index (Phi) is 8.85. The molecule has 214 valence electrons. The van der Waals surface area contributed by atoms with Gasteiger partial charge in [0.25, 0.3) is 5.91 Å². The summed E-state index contributed by atoms with van der Waals surface area (Å²) in [5.74, 6) is -0.608. The zero-order chi connectivity index (χ0) is 29.1. The first-order valence-electron chi connectivity index (χ1n) is 14.0. The van der Waals surface area contributed by atoms with Gasteiger partial charge in [-0.25, -0.2) is 4.79 Å². The van der Waals surface area contributed by atoms with Gasteiger partial charge >= 0.3 is 5.97 Å². The highest BCUT2D eigenvalue weighted by atomic mass is 32.2. The predicted molar refractivity (Wildman–Crippen MR) is 166 cm³/mol. The van der Waals surface area contributed by atoms with Crippen LogP contribution in [0.2, 0.25) is 0 Å². The number of aryl methyl sites for hydroxylation is 3. The molecule has 7 nitrogen and oxygen atoms in total. The second-order valence-electron chi connectivity index (χ2n) is 10.4. The van der Waals surface area contributed by atoms with Crippen molar-refractivity contribution in [2.24, 2.45) is 0 Å². The highest BCUT2D eigenvalue weighted by Gasteiger charge is 2.29. The number of thioether (sulfide) groups is 1. The van der Waals surface area contributed by atoms with Crippen LogP contribution < -0.4 is 10.6 Å². The van der Waals surface area contributed by atoms with E-state index < -0.39 is 5.25 Å². The minimum absolute atomic E-state index is 0.0881. The van der Waals surface area contributed by atoms with Crippen LogP contribution in [0.3, 0.4) is 0 Å². The maximum atomic E-state index is 13.3. The van der Waals surface area contributed by atoms with Crippen molar-refractivity contribution in [3.8, 4) is 0 Å². The first-order chi connectivity index (χ1) is 19.7. The number of benzene rings is 2. The minimum atomic E-state index is -0.398. The normalized spacial score (nSPS) is 13.2. The van der Waals surface area contributed by atoms with Crippen molar-refractivity contribution in [3.63, 3.8) is 0 Å². The first kappa shape index (κ1) is 29.0. The summed E-state index contributed by atoms with van der Waals surface area (Å²) in [6, 6.07) is 13.9. The third-order valence-corrected chi connectivity index (χ3v) is 9.54. The van der Waals surface area contributed by atoms with Crippen molar-refractivity contribution in [3.05, 3.63) is 81.4 Å². The summed E-state index contributed by atoms with van der Waals surface area (Å²) < 4.78 is 7.42. The Balaban J connectivity index is 1.27. The number of hydrogen-bond acceptors (Lipinski definition) is 6. The van der Waals surface area contributed by atoms with Gasteiger partial charge in [-0.05, 0) is 70.7 Å². The van der Waals surface area contributed by atoms with Crippen LogP contribution in [0.5, 0.6) is 0 Å². The third kappa shape index (κ3) is 6.36. The Morgan fingerprint density at radius 1 is 1.10 bits per heavy atom. The number of ether oxygens (including phenoxy) is 1. The fourth-order valence-corrected chi connectivity index (χ4v) is 7.67. The largest absolute Gasteiger partial charge is 0.462 e. The molecule has 41 heavy (non-hydrogen) atoms. The molecule has 2 aromatic heterocycles. The topological polar surface area (TPSA) is 89.4 Å². The van der Waals surface area contributed by atoms with E-state index in [-0.39, 0.29) is 17.8 Å². The number of esters is 1. The lowest BCUT2D eigenvalue weighted by Gasteiger charge is -2.12. The van der Waals surface area contributed by atoms with E-state index in [9.17, 15) is 14.4 Å². The Bertz CT molecular complexity index is 1600. The Hall–Kier alpha value is -3.56. The molecule has 5 rings (SSSR count). The highest BCUT2D eigenvalue weighted by molar-refractivity contribution is 8.00. The lowest BCUT2D eigenvalue weighted by Crippen LogP contribution is -2.27. The molecule has 9 heteroatoms. The highest BCUT2D eigenvalue weighted by Crippen LogP contribution is 2.40. The second kappa shape index (κ2) is 12.5. The van der Waals surface area contributed by atoms with Gasteiger partial charge in [-0.15, -0.1) is 23.1 Å². The molecule has 0 radical (unpaired) electrons. The van der Waals surface area contributed by atoms with E-state index in [0.29, 0.717) is 35.8 Å². The van der Waals surface area contributed by atoms with E-state index in [0.717, 1.165) is 56.6 Å². The van der Waals surface area contributed by atoms with Crippen LogP contribution in [0.15, 0.2) is 53.6 Å². The SMILES string of the molecule is CCOC(=O)c1c(NC(=O)[C@H](C)Sc2cn(CCNC(=O)c3cc(C)cc(C)c3)c3ccccc23)sc2c1CCC2. The molecule has 4 aromatic rings. The number of nitrogens with zero attached hydrogens (tertiary/aromatic N) is 1. The molecule has 0 aliphatic heterocycles. The lowest BCUT2D eigenvalue weighted by atomic mass is 10.1. The van der Waals surface area contributed by atoms with Crippen molar-refractivity contribution >= 4 is 56.8 Å². The number of aromatic nitrogens is 1. The average Bonchev–Trinajstić information content (AvgIpc) is 3.61. The van der Waals surface area contributed by atoms with Crippen molar-refractivity contribution in [2.45, 2.75) is 63.6 Å². The number of hydrogen-bond donors (Lipinski definition) is 2. The van der Waals surface area contributed by atoms with Gasteiger partial charge in [0.05, 0.1) is 17.4 Å². The Labute approximate surface area is 248 Å². The van der Waals surface area contributed by atoms with E-state index in [1.54, 1.807) is 6.92 Å². The molecule has 0 saturated heterocycles. The number of para-hydroxylation sites is 1. The summed E-state index contributed by atoms with van der Waals surface area (Å²) in [5, 5.41) is 7.31. The molecular formula is C32H35N3O4S2. The van der Waals surface area contributed by atoms with E-state index >= 15 is 0 Å². The molecule has 2 aromatic carbocycles. The molecule has 0 bridgehead atoms. The molecule has 0 fully saturated rings. The fourth-order valence-electron chi connectivity index (χ4n) is 5.36. The number of amides is 2. The zero-order valence-electron chi connectivity index (χ0n) is 23.8. The minimum Gasteiger partial charge on any atom is -0.462 e. The van der Waals surface area contributed by atoms with E-state index in [2.05, 4.69) is 33.4 Å². The smallest absolute Gasteiger partial charge is 0.341 e. The number of nitrogens with one attached hydrogen (secondary N) is 2. The van der Waals surface area contributed by atoms with Gasteiger partial charge in [0.2, 0.25) is 5.91 Å². The van der Waals surface area contributed by atoms with Gasteiger partial charge in [-0.1, -0.05) is 35.4 Å². The van der Waals surface area contributed by atoms with E-state index in [1.807, 2.05) is 51.2 Å². The maximum Gasteiger partial charge on any atom is 0.341 e. The molecule has 0 saturated carbocycles. The monoisotopic (exact) mass is 589 g/mol. The van der Waals surface area contributed by atoms with Gasteiger partial charge < -0.3 is 19.9 Å². The van der Waals surface area contributed by atoms with Gasteiger partial charge in [0.1, 0.15) is 5.00 Å². The quantitative estimate of drug-likeness (QED) is 0.162. The zero-order valence-corrected chi connectivity index (χ0v) is 25.5. The number of carbonyl (C=O) groups excluding carboxylic acids is 3. The summed E-state index contributed by atoms with van der Waals surface area (Å²) in [7, 11) is 0. The molecule has 1 atom stereocenters. The third-order valence-electron chi connectivity index (χ3n) is 7.18. The lowest BCUT2D eigenvalue weighted by molar-refractivity contribution is -0.115. The Morgan fingerprint density at radius 3 is 2.61 bits per heavy atom. The van der Waals surface area contributed by atoms with Gasteiger partial charge in [-0.3, -0.25) is 9.59 Å². The summed E-state index contributed by atoms with van der Waals surface area (Å²) in [6.07, 6.45) is 4.83. The molecule has 0 unspecified atom stereocenters. The number of thiophene rings is 1. The van der Waals surface area contributed by atoms with Crippen LogP contribution >= 0.6 is 23.1 Å². The van der Waals surface area contributed by atoms with Gasteiger partial charge in [0, 0.05) is 45.5 Å². The van der Waals surface area contributed by atoms with Gasteiger partial charge in [0.15, 0.2) is 0 Å². The summed E-state index contributed by atoms with van der Waals surface area (Å²) >= 11 is 2.98. The number of fused-ring (bicyclic) bond motifs is 2.